The Balaban J connectivity index is 2.14. The van der Waals surface area contributed by atoms with Crippen LogP contribution in [0.3, 0.4) is 0 Å². The first-order valence-corrected chi connectivity index (χ1v) is 6.14. The standard InChI is InChI=1S/C14H17FN4/c1-16-6-7-19(2)14-17-9-12(10-18-14)11-4-3-5-13(15)8-11/h3-5,8-10,16H,6-7H2,1-2H3. The molecule has 0 saturated heterocycles. The van der Waals surface area contributed by atoms with Crippen LogP contribution in [0.2, 0.25) is 0 Å². The Morgan fingerprint density at radius 2 is 1.95 bits per heavy atom. The normalized spacial score (nSPS) is 10.5. The van der Waals surface area contributed by atoms with Crippen molar-refractivity contribution in [2.75, 3.05) is 32.1 Å². The Morgan fingerprint density at radius 1 is 1.21 bits per heavy atom. The average molecular weight is 260 g/mol. The molecule has 1 aromatic carbocycles. The van der Waals surface area contributed by atoms with Gasteiger partial charge in [0.1, 0.15) is 5.82 Å². The highest BCUT2D eigenvalue weighted by atomic mass is 19.1. The van der Waals surface area contributed by atoms with Crippen molar-refractivity contribution < 1.29 is 4.39 Å². The average Bonchev–Trinajstić information content (AvgIpc) is 2.45. The maximum absolute atomic E-state index is 13.1. The van der Waals surface area contributed by atoms with Crippen LogP contribution in [0, 0.1) is 5.82 Å². The highest BCUT2D eigenvalue weighted by Gasteiger charge is 2.05. The predicted molar refractivity (Wildman–Crippen MR) is 74.6 cm³/mol. The van der Waals surface area contributed by atoms with Crippen molar-refractivity contribution in [3.05, 3.63) is 42.5 Å². The number of nitrogens with one attached hydrogen (secondary N) is 1. The predicted octanol–water partition coefficient (Wildman–Crippen LogP) is 1.94. The lowest BCUT2D eigenvalue weighted by Gasteiger charge is -2.16. The van der Waals surface area contributed by atoms with E-state index < -0.39 is 0 Å². The van der Waals surface area contributed by atoms with Gasteiger partial charge in [0, 0.05) is 38.1 Å². The lowest BCUT2D eigenvalue weighted by Crippen LogP contribution is -2.28. The molecule has 1 heterocycles. The molecular weight excluding hydrogens is 243 g/mol. The van der Waals surface area contributed by atoms with E-state index in [-0.39, 0.29) is 5.82 Å². The van der Waals surface area contributed by atoms with Crippen LogP contribution >= 0.6 is 0 Å². The topological polar surface area (TPSA) is 41.0 Å². The summed E-state index contributed by atoms with van der Waals surface area (Å²) in [5.74, 6) is 0.406. The molecule has 19 heavy (non-hydrogen) atoms. The van der Waals surface area contributed by atoms with Gasteiger partial charge in [0.2, 0.25) is 5.95 Å². The van der Waals surface area contributed by atoms with Crippen molar-refractivity contribution in [1.29, 1.82) is 0 Å². The Bertz CT molecular complexity index is 527. The SMILES string of the molecule is CNCCN(C)c1ncc(-c2cccc(F)c2)cn1. The second kappa shape index (κ2) is 6.24. The molecule has 4 nitrogen and oxygen atoms in total. The fourth-order valence-electron chi connectivity index (χ4n) is 1.71. The second-order valence-corrected chi connectivity index (χ2v) is 4.31. The molecule has 0 aliphatic heterocycles. The van der Waals surface area contributed by atoms with E-state index in [0.717, 1.165) is 24.2 Å². The van der Waals surface area contributed by atoms with Gasteiger partial charge >= 0.3 is 0 Å². The summed E-state index contributed by atoms with van der Waals surface area (Å²) in [5.41, 5.74) is 1.59. The number of halogens is 1. The Labute approximate surface area is 112 Å². The molecule has 0 fully saturated rings. The minimum Gasteiger partial charge on any atom is -0.343 e. The van der Waals surface area contributed by atoms with Gasteiger partial charge in [0.05, 0.1) is 0 Å². The van der Waals surface area contributed by atoms with Gasteiger partial charge in [-0.2, -0.15) is 0 Å². The first-order valence-electron chi connectivity index (χ1n) is 6.14. The van der Waals surface area contributed by atoms with Crippen molar-refractivity contribution in [2.45, 2.75) is 0 Å². The lowest BCUT2D eigenvalue weighted by atomic mass is 10.1. The lowest BCUT2D eigenvalue weighted by molar-refractivity contribution is 0.628. The Kier molecular flexibility index (Phi) is 4.41. The zero-order valence-electron chi connectivity index (χ0n) is 11.1. The van der Waals surface area contributed by atoms with E-state index in [9.17, 15) is 4.39 Å². The van der Waals surface area contributed by atoms with Gasteiger partial charge < -0.3 is 10.2 Å². The number of benzene rings is 1. The minimum atomic E-state index is -0.257. The first kappa shape index (κ1) is 13.4. The monoisotopic (exact) mass is 260 g/mol. The third kappa shape index (κ3) is 3.48. The molecule has 0 spiro atoms. The van der Waals surface area contributed by atoms with E-state index >= 15 is 0 Å². The van der Waals surface area contributed by atoms with Crippen LogP contribution < -0.4 is 10.2 Å². The highest BCUT2D eigenvalue weighted by molar-refractivity contribution is 5.61. The van der Waals surface area contributed by atoms with Crippen LogP contribution in [0.1, 0.15) is 0 Å². The number of likely N-dealkylation sites (N-methyl/N-ethyl adjacent to an activating group) is 2. The quantitative estimate of drug-likeness (QED) is 0.892. The van der Waals surface area contributed by atoms with Gasteiger partial charge in [-0.25, -0.2) is 14.4 Å². The molecular formula is C14H17FN4. The van der Waals surface area contributed by atoms with Gasteiger partial charge in [-0.15, -0.1) is 0 Å². The van der Waals surface area contributed by atoms with Crippen LogP contribution in [0.4, 0.5) is 10.3 Å². The molecule has 0 aliphatic carbocycles. The van der Waals surface area contributed by atoms with Gasteiger partial charge in [-0.1, -0.05) is 12.1 Å². The second-order valence-electron chi connectivity index (χ2n) is 4.31. The third-order valence-corrected chi connectivity index (χ3v) is 2.83. The van der Waals surface area contributed by atoms with Crippen LogP contribution in [0.15, 0.2) is 36.7 Å². The molecule has 0 atom stereocenters. The largest absolute Gasteiger partial charge is 0.343 e. The van der Waals surface area contributed by atoms with Crippen LogP contribution in [0.5, 0.6) is 0 Å². The molecule has 0 aliphatic rings. The van der Waals surface area contributed by atoms with E-state index in [1.165, 1.54) is 12.1 Å². The van der Waals surface area contributed by atoms with Crippen molar-refractivity contribution in [3.8, 4) is 11.1 Å². The van der Waals surface area contributed by atoms with Gasteiger partial charge in [-0.05, 0) is 24.7 Å². The Morgan fingerprint density at radius 3 is 2.58 bits per heavy atom. The summed E-state index contributed by atoms with van der Waals surface area (Å²) in [6.45, 7) is 1.70. The van der Waals surface area contributed by atoms with Gasteiger partial charge in [0.15, 0.2) is 0 Å². The number of anilines is 1. The van der Waals surface area contributed by atoms with Gasteiger partial charge in [-0.3, -0.25) is 0 Å². The maximum atomic E-state index is 13.1. The summed E-state index contributed by atoms with van der Waals surface area (Å²) in [6, 6.07) is 6.41. The molecule has 1 N–H and O–H groups in total. The van der Waals surface area contributed by atoms with Crippen LogP contribution in [-0.4, -0.2) is 37.2 Å². The van der Waals surface area contributed by atoms with Gasteiger partial charge in [0.25, 0.3) is 0 Å². The summed E-state index contributed by atoms with van der Waals surface area (Å²) in [6.07, 6.45) is 3.43. The molecule has 0 bridgehead atoms. The first-order chi connectivity index (χ1) is 9.20. The number of aromatic nitrogens is 2. The van der Waals surface area contributed by atoms with E-state index in [0.29, 0.717) is 5.95 Å². The molecule has 1 aromatic heterocycles. The van der Waals surface area contributed by atoms with Crippen molar-refractivity contribution >= 4 is 5.95 Å². The third-order valence-electron chi connectivity index (χ3n) is 2.83. The number of hydrogen-bond donors (Lipinski definition) is 1. The fraction of sp³-hybridized carbons (Fsp3) is 0.286. The zero-order chi connectivity index (χ0) is 13.7. The summed E-state index contributed by atoms with van der Waals surface area (Å²) >= 11 is 0. The van der Waals surface area contributed by atoms with Crippen molar-refractivity contribution in [2.24, 2.45) is 0 Å². The van der Waals surface area contributed by atoms with Crippen LogP contribution in [-0.2, 0) is 0 Å². The van der Waals surface area contributed by atoms with Crippen LogP contribution in [0.25, 0.3) is 11.1 Å². The smallest absolute Gasteiger partial charge is 0.225 e. The summed E-state index contributed by atoms with van der Waals surface area (Å²) in [5, 5.41) is 3.07. The van der Waals surface area contributed by atoms with Crippen molar-refractivity contribution in [1.82, 2.24) is 15.3 Å². The molecule has 2 rings (SSSR count). The molecule has 0 saturated carbocycles. The van der Waals surface area contributed by atoms with E-state index in [2.05, 4.69) is 15.3 Å². The molecule has 0 amide bonds. The maximum Gasteiger partial charge on any atom is 0.225 e. The molecule has 5 heteroatoms. The van der Waals surface area contributed by atoms with E-state index in [1.54, 1.807) is 18.5 Å². The summed E-state index contributed by atoms with van der Waals surface area (Å²) in [4.78, 5) is 10.6. The Hall–Kier alpha value is -2.01. The number of nitrogens with zero attached hydrogens (tertiary/aromatic N) is 3. The summed E-state index contributed by atoms with van der Waals surface area (Å²) in [7, 11) is 3.84. The number of rotatable bonds is 5. The fourth-order valence-corrected chi connectivity index (χ4v) is 1.71. The molecule has 100 valence electrons. The van der Waals surface area contributed by atoms with E-state index in [1.807, 2.05) is 25.1 Å². The molecule has 0 unspecified atom stereocenters. The minimum absolute atomic E-state index is 0.257. The summed E-state index contributed by atoms with van der Waals surface area (Å²) < 4.78 is 13.1. The number of hydrogen-bond acceptors (Lipinski definition) is 4. The molecule has 0 radical (unpaired) electrons. The molecule has 2 aromatic rings. The zero-order valence-corrected chi connectivity index (χ0v) is 11.1. The van der Waals surface area contributed by atoms with Crippen molar-refractivity contribution in [3.63, 3.8) is 0 Å². The van der Waals surface area contributed by atoms with E-state index in [4.69, 9.17) is 0 Å². The highest BCUT2D eigenvalue weighted by Crippen LogP contribution is 2.19.